The molecular weight excluding hydrogens is 370 g/mol. The predicted octanol–water partition coefficient (Wildman–Crippen LogP) is 4.57. The van der Waals surface area contributed by atoms with Crippen LogP contribution in [0.3, 0.4) is 0 Å². The van der Waals surface area contributed by atoms with Gasteiger partial charge in [-0.05, 0) is 42.0 Å². The molecule has 2 aromatic carbocycles. The minimum atomic E-state index is -1.21. The van der Waals surface area contributed by atoms with Crippen LogP contribution in [0, 0.1) is 11.6 Å². The molecule has 0 aromatic heterocycles. The maximum atomic E-state index is 13.6. The number of aliphatic hydroxyl groups is 1. The first-order valence-electron chi connectivity index (χ1n) is 5.06. The molecule has 0 amide bonds. The highest BCUT2D eigenvalue weighted by Gasteiger charge is 2.16. The summed E-state index contributed by atoms with van der Waals surface area (Å²) in [6, 6.07) is 8.11. The van der Waals surface area contributed by atoms with Crippen molar-refractivity contribution in [2.24, 2.45) is 0 Å². The van der Waals surface area contributed by atoms with Gasteiger partial charge in [0.15, 0.2) is 0 Å². The first-order valence-corrected chi connectivity index (χ1v) is 6.65. The van der Waals surface area contributed by atoms with Crippen molar-refractivity contribution >= 4 is 31.9 Å². The molecule has 0 aliphatic rings. The normalized spacial score (nSPS) is 12.5. The van der Waals surface area contributed by atoms with E-state index in [1.165, 1.54) is 0 Å². The maximum Gasteiger partial charge on any atom is 0.129 e. The lowest BCUT2D eigenvalue weighted by Crippen LogP contribution is -2.03. The van der Waals surface area contributed by atoms with E-state index in [0.717, 1.165) is 27.1 Å². The van der Waals surface area contributed by atoms with Crippen LogP contribution in [-0.4, -0.2) is 5.11 Å². The van der Waals surface area contributed by atoms with Crippen molar-refractivity contribution in [3.8, 4) is 0 Å². The Morgan fingerprint density at radius 3 is 2.17 bits per heavy atom. The van der Waals surface area contributed by atoms with Crippen LogP contribution in [0.1, 0.15) is 17.2 Å². The van der Waals surface area contributed by atoms with Gasteiger partial charge < -0.3 is 5.11 Å². The summed E-state index contributed by atoms with van der Waals surface area (Å²) in [6.45, 7) is 0. The molecule has 18 heavy (non-hydrogen) atoms. The molecule has 1 N–H and O–H groups in total. The van der Waals surface area contributed by atoms with Crippen molar-refractivity contribution < 1.29 is 13.9 Å². The van der Waals surface area contributed by atoms with Crippen LogP contribution in [0.15, 0.2) is 45.3 Å². The molecule has 0 spiro atoms. The summed E-state index contributed by atoms with van der Waals surface area (Å²) in [4.78, 5) is 0. The third-order valence-corrected chi connectivity index (χ3v) is 3.37. The molecular formula is C13H8Br2F2O. The van der Waals surface area contributed by atoms with Gasteiger partial charge in [0.05, 0.1) is 0 Å². The van der Waals surface area contributed by atoms with Gasteiger partial charge in [0.25, 0.3) is 0 Å². The molecule has 2 rings (SSSR count). The van der Waals surface area contributed by atoms with E-state index < -0.39 is 17.7 Å². The van der Waals surface area contributed by atoms with Crippen molar-refractivity contribution in [1.82, 2.24) is 0 Å². The maximum absolute atomic E-state index is 13.6. The first kappa shape index (κ1) is 13.6. The molecule has 0 radical (unpaired) electrons. The van der Waals surface area contributed by atoms with Crippen LogP contribution >= 0.6 is 31.9 Å². The summed E-state index contributed by atoms with van der Waals surface area (Å²) in [5, 5.41) is 10.1. The Hall–Kier alpha value is -0.780. The zero-order valence-corrected chi connectivity index (χ0v) is 12.2. The third-order valence-electron chi connectivity index (χ3n) is 2.45. The fourth-order valence-electron chi connectivity index (χ4n) is 1.64. The molecule has 5 heteroatoms. The summed E-state index contributed by atoms with van der Waals surface area (Å²) in [5.41, 5.74) is 0.390. The number of hydrogen-bond acceptors (Lipinski definition) is 1. The lowest BCUT2D eigenvalue weighted by Gasteiger charge is -2.13. The van der Waals surface area contributed by atoms with Crippen molar-refractivity contribution in [1.29, 1.82) is 0 Å². The van der Waals surface area contributed by atoms with E-state index in [1.54, 1.807) is 18.2 Å². The Kier molecular flexibility index (Phi) is 4.14. The molecule has 0 heterocycles. The molecule has 0 fully saturated rings. The second-order valence-electron chi connectivity index (χ2n) is 3.77. The minimum Gasteiger partial charge on any atom is -0.384 e. The van der Waals surface area contributed by atoms with Gasteiger partial charge in [-0.15, -0.1) is 0 Å². The third kappa shape index (κ3) is 2.96. The molecule has 0 aliphatic carbocycles. The van der Waals surface area contributed by atoms with Gasteiger partial charge in [-0.1, -0.05) is 31.9 Å². The van der Waals surface area contributed by atoms with Crippen LogP contribution in [0.5, 0.6) is 0 Å². The molecule has 1 unspecified atom stereocenters. The average molecular weight is 378 g/mol. The minimum absolute atomic E-state index is 0.0833. The van der Waals surface area contributed by atoms with Gasteiger partial charge in [-0.25, -0.2) is 8.78 Å². The van der Waals surface area contributed by atoms with Gasteiger partial charge in [0.2, 0.25) is 0 Å². The van der Waals surface area contributed by atoms with Crippen LogP contribution in [0.4, 0.5) is 8.78 Å². The predicted molar refractivity (Wildman–Crippen MR) is 72.3 cm³/mol. The van der Waals surface area contributed by atoms with Crippen molar-refractivity contribution in [3.05, 3.63) is 68.1 Å². The topological polar surface area (TPSA) is 20.2 Å². The van der Waals surface area contributed by atoms with Crippen molar-refractivity contribution in [2.45, 2.75) is 6.10 Å². The quantitative estimate of drug-likeness (QED) is 0.812. The van der Waals surface area contributed by atoms with Gasteiger partial charge in [-0.3, -0.25) is 0 Å². The van der Waals surface area contributed by atoms with Gasteiger partial charge >= 0.3 is 0 Å². The van der Waals surface area contributed by atoms with E-state index in [9.17, 15) is 13.9 Å². The number of aliphatic hydroxyl groups excluding tert-OH is 1. The van der Waals surface area contributed by atoms with E-state index in [0.29, 0.717) is 5.56 Å². The summed E-state index contributed by atoms with van der Waals surface area (Å²) in [6.07, 6.45) is -1.21. The highest BCUT2D eigenvalue weighted by molar-refractivity contribution is 9.11. The van der Waals surface area contributed by atoms with E-state index in [-0.39, 0.29) is 5.56 Å². The first-order chi connectivity index (χ1) is 8.47. The SMILES string of the molecule is OC(c1cc(Br)cc(Br)c1)c1cc(F)ccc1F. The smallest absolute Gasteiger partial charge is 0.129 e. The molecule has 0 aliphatic heterocycles. The summed E-state index contributed by atoms with van der Waals surface area (Å²) >= 11 is 6.56. The van der Waals surface area contributed by atoms with E-state index >= 15 is 0 Å². The number of benzene rings is 2. The van der Waals surface area contributed by atoms with E-state index in [1.807, 2.05) is 0 Å². The number of rotatable bonds is 2. The summed E-state index contributed by atoms with van der Waals surface area (Å²) in [7, 11) is 0. The molecule has 0 saturated heterocycles. The fraction of sp³-hybridized carbons (Fsp3) is 0.0769. The number of hydrogen-bond donors (Lipinski definition) is 1. The lowest BCUT2D eigenvalue weighted by atomic mass is 10.0. The Labute approximate surface area is 120 Å². The van der Waals surface area contributed by atoms with Crippen molar-refractivity contribution in [2.75, 3.05) is 0 Å². The Balaban J connectivity index is 2.47. The second kappa shape index (κ2) is 5.47. The van der Waals surface area contributed by atoms with Gasteiger partial charge in [0.1, 0.15) is 17.7 Å². The lowest BCUT2D eigenvalue weighted by molar-refractivity contribution is 0.214. The molecule has 94 valence electrons. The zero-order chi connectivity index (χ0) is 13.3. The Morgan fingerprint density at radius 1 is 0.944 bits per heavy atom. The molecule has 1 atom stereocenters. The zero-order valence-electron chi connectivity index (χ0n) is 9.00. The van der Waals surface area contributed by atoms with Crippen LogP contribution in [-0.2, 0) is 0 Å². The van der Waals surface area contributed by atoms with Crippen LogP contribution in [0.25, 0.3) is 0 Å². The second-order valence-corrected chi connectivity index (χ2v) is 5.60. The van der Waals surface area contributed by atoms with Gasteiger partial charge in [-0.2, -0.15) is 0 Å². The van der Waals surface area contributed by atoms with E-state index in [4.69, 9.17) is 0 Å². The monoisotopic (exact) mass is 376 g/mol. The summed E-state index contributed by atoms with van der Waals surface area (Å²) in [5.74, 6) is -1.22. The summed E-state index contributed by atoms with van der Waals surface area (Å²) < 4.78 is 28.1. The largest absolute Gasteiger partial charge is 0.384 e. The highest BCUT2D eigenvalue weighted by atomic mass is 79.9. The Bertz CT molecular complexity index is 567. The molecule has 0 bridgehead atoms. The average Bonchev–Trinajstić information content (AvgIpc) is 2.30. The molecule has 1 nitrogen and oxygen atoms in total. The van der Waals surface area contributed by atoms with Crippen LogP contribution in [0.2, 0.25) is 0 Å². The molecule has 0 saturated carbocycles. The van der Waals surface area contributed by atoms with Gasteiger partial charge in [0, 0.05) is 14.5 Å². The van der Waals surface area contributed by atoms with Crippen LogP contribution < -0.4 is 0 Å². The fourth-order valence-corrected chi connectivity index (χ4v) is 2.97. The standard InChI is InChI=1S/C13H8Br2F2O/c14-8-3-7(4-9(15)5-8)13(18)11-6-10(16)1-2-12(11)17/h1-6,13,18H. The molecule has 2 aromatic rings. The highest BCUT2D eigenvalue weighted by Crippen LogP contribution is 2.29. The van der Waals surface area contributed by atoms with Crippen molar-refractivity contribution in [3.63, 3.8) is 0 Å². The Morgan fingerprint density at radius 2 is 1.56 bits per heavy atom. The number of halogens is 4. The van der Waals surface area contributed by atoms with E-state index in [2.05, 4.69) is 31.9 Å².